The fraction of sp³-hybridized carbons (Fsp3) is 0.211. The molecule has 3 aromatic rings. The van der Waals surface area contributed by atoms with E-state index in [0.29, 0.717) is 12.1 Å². The summed E-state index contributed by atoms with van der Waals surface area (Å²) in [5, 5.41) is 3.97. The molecule has 0 unspecified atom stereocenters. The standard InChI is InChI=1S/C19H19N3O2S2/c20-17(23)12-25-15-8-3-1-6-13(15)21-18(24)10-5-11-19-22-14-7-2-4-9-16(14)26-19/h1-4,6-9H,5,10-12H2,(H2,20,23)(H,21,24). The van der Waals surface area contributed by atoms with Gasteiger partial charge in [-0.2, -0.15) is 0 Å². The van der Waals surface area contributed by atoms with Crippen molar-refractivity contribution in [1.82, 2.24) is 4.98 Å². The number of carbonyl (C=O) groups is 2. The quantitative estimate of drug-likeness (QED) is 0.577. The van der Waals surface area contributed by atoms with Crippen molar-refractivity contribution >= 4 is 50.8 Å². The minimum atomic E-state index is -0.382. The van der Waals surface area contributed by atoms with Gasteiger partial charge in [0.1, 0.15) is 0 Å². The predicted molar refractivity (Wildman–Crippen MR) is 108 cm³/mol. The second-order valence-corrected chi connectivity index (χ2v) is 7.86. The number of hydrogen-bond donors (Lipinski definition) is 2. The Labute approximate surface area is 160 Å². The molecule has 0 saturated carbocycles. The zero-order chi connectivity index (χ0) is 18.4. The minimum absolute atomic E-state index is 0.0433. The molecule has 2 amide bonds. The Bertz CT molecular complexity index is 891. The SMILES string of the molecule is NC(=O)CSc1ccccc1NC(=O)CCCc1nc2ccccc2s1. The maximum atomic E-state index is 12.2. The van der Waals surface area contributed by atoms with E-state index >= 15 is 0 Å². The molecule has 0 spiro atoms. The molecule has 26 heavy (non-hydrogen) atoms. The zero-order valence-electron chi connectivity index (χ0n) is 14.1. The van der Waals surface area contributed by atoms with Crippen molar-refractivity contribution in [2.45, 2.75) is 24.2 Å². The van der Waals surface area contributed by atoms with E-state index in [9.17, 15) is 9.59 Å². The largest absolute Gasteiger partial charge is 0.369 e. The molecule has 0 aliphatic carbocycles. The van der Waals surface area contributed by atoms with Crippen LogP contribution in [0.4, 0.5) is 5.69 Å². The van der Waals surface area contributed by atoms with Crippen molar-refractivity contribution in [2.24, 2.45) is 5.73 Å². The van der Waals surface area contributed by atoms with Gasteiger partial charge in [0.2, 0.25) is 11.8 Å². The number of thioether (sulfide) groups is 1. The lowest BCUT2D eigenvalue weighted by molar-refractivity contribution is -0.116. The monoisotopic (exact) mass is 385 g/mol. The summed E-state index contributed by atoms with van der Waals surface area (Å²) < 4.78 is 1.17. The molecule has 1 heterocycles. The molecular weight excluding hydrogens is 366 g/mol. The third kappa shape index (κ3) is 5.06. The van der Waals surface area contributed by atoms with Gasteiger partial charge in [-0.05, 0) is 37.1 Å². The molecule has 134 valence electrons. The Kier molecular flexibility index (Phi) is 6.25. The first-order valence-electron chi connectivity index (χ1n) is 8.26. The molecule has 3 rings (SSSR count). The molecule has 1 aromatic heterocycles. The number of aromatic nitrogens is 1. The lowest BCUT2D eigenvalue weighted by atomic mass is 10.2. The van der Waals surface area contributed by atoms with Gasteiger partial charge in [0.15, 0.2) is 0 Å². The van der Waals surface area contributed by atoms with Gasteiger partial charge in [-0.1, -0.05) is 24.3 Å². The van der Waals surface area contributed by atoms with Crippen LogP contribution in [0.5, 0.6) is 0 Å². The number of aryl methyl sites for hydroxylation is 1. The van der Waals surface area contributed by atoms with Crippen LogP contribution in [0.15, 0.2) is 53.4 Å². The molecule has 3 N–H and O–H groups in total. The van der Waals surface area contributed by atoms with Gasteiger partial charge in [0, 0.05) is 11.3 Å². The fourth-order valence-corrected chi connectivity index (χ4v) is 4.24. The Hall–Kier alpha value is -2.38. The van der Waals surface area contributed by atoms with Crippen molar-refractivity contribution < 1.29 is 9.59 Å². The van der Waals surface area contributed by atoms with Crippen LogP contribution in [0.25, 0.3) is 10.2 Å². The normalized spacial score (nSPS) is 10.8. The number of nitrogens with two attached hydrogens (primary N) is 1. The smallest absolute Gasteiger partial charge is 0.227 e. The number of thiazole rings is 1. The molecule has 0 saturated heterocycles. The second-order valence-electron chi connectivity index (χ2n) is 5.73. The molecule has 0 bridgehead atoms. The number of nitrogens with one attached hydrogen (secondary N) is 1. The van der Waals surface area contributed by atoms with Gasteiger partial charge in [-0.3, -0.25) is 9.59 Å². The summed E-state index contributed by atoms with van der Waals surface area (Å²) in [6.45, 7) is 0. The number of hydrogen-bond acceptors (Lipinski definition) is 5. The number of anilines is 1. The number of amides is 2. The number of primary amides is 1. The fourth-order valence-electron chi connectivity index (χ4n) is 2.48. The lowest BCUT2D eigenvalue weighted by Gasteiger charge is -2.10. The summed E-state index contributed by atoms with van der Waals surface area (Å²) in [7, 11) is 0. The molecule has 0 radical (unpaired) electrons. The van der Waals surface area contributed by atoms with Crippen LogP contribution in [0.2, 0.25) is 0 Å². The van der Waals surface area contributed by atoms with E-state index in [2.05, 4.69) is 16.4 Å². The van der Waals surface area contributed by atoms with Gasteiger partial charge in [-0.25, -0.2) is 4.98 Å². The van der Waals surface area contributed by atoms with Crippen LogP contribution in [-0.2, 0) is 16.0 Å². The Morgan fingerprint density at radius 2 is 1.88 bits per heavy atom. The van der Waals surface area contributed by atoms with Crippen molar-refractivity contribution in [3.8, 4) is 0 Å². The first-order chi connectivity index (χ1) is 12.6. The number of carbonyl (C=O) groups excluding carboxylic acids is 2. The summed E-state index contributed by atoms with van der Waals surface area (Å²) in [5.41, 5.74) is 6.91. The highest BCUT2D eigenvalue weighted by Gasteiger charge is 2.09. The highest BCUT2D eigenvalue weighted by Crippen LogP contribution is 2.27. The van der Waals surface area contributed by atoms with E-state index in [1.54, 1.807) is 11.3 Å². The summed E-state index contributed by atoms with van der Waals surface area (Å²) in [5.74, 6) is -0.241. The lowest BCUT2D eigenvalue weighted by Crippen LogP contribution is -2.14. The third-order valence-electron chi connectivity index (χ3n) is 3.66. The summed E-state index contributed by atoms with van der Waals surface area (Å²) in [6.07, 6.45) is 1.94. The molecule has 5 nitrogen and oxygen atoms in total. The molecule has 0 aliphatic rings. The maximum absolute atomic E-state index is 12.2. The number of para-hydroxylation sites is 2. The van der Waals surface area contributed by atoms with Gasteiger partial charge < -0.3 is 11.1 Å². The number of fused-ring (bicyclic) bond motifs is 1. The average molecular weight is 386 g/mol. The van der Waals surface area contributed by atoms with Gasteiger partial charge in [0.05, 0.1) is 26.7 Å². The van der Waals surface area contributed by atoms with Crippen LogP contribution in [0, 0.1) is 0 Å². The second kappa shape index (κ2) is 8.82. The Morgan fingerprint density at radius 1 is 1.12 bits per heavy atom. The summed E-state index contributed by atoms with van der Waals surface area (Å²) in [6, 6.07) is 15.5. The van der Waals surface area contributed by atoms with Crippen molar-refractivity contribution in [1.29, 1.82) is 0 Å². The van der Waals surface area contributed by atoms with Gasteiger partial charge in [-0.15, -0.1) is 23.1 Å². The number of nitrogens with zero attached hydrogens (tertiary/aromatic N) is 1. The summed E-state index contributed by atoms with van der Waals surface area (Å²) in [4.78, 5) is 28.6. The minimum Gasteiger partial charge on any atom is -0.369 e. The number of benzene rings is 2. The van der Waals surface area contributed by atoms with Crippen molar-refractivity contribution in [3.05, 3.63) is 53.5 Å². The predicted octanol–water partition coefficient (Wildman–Crippen LogP) is 3.84. The van der Waals surface area contributed by atoms with Crippen molar-refractivity contribution in [3.63, 3.8) is 0 Å². The van der Waals surface area contributed by atoms with E-state index in [0.717, 1.165) is 28.3 Å². The Morgan fingerprint density at radius 3 is 2.69 bits per heavy atom. The van der Waals surface area contributed by atoms with Gasteiger partial charge in [0.25, 0.3) is 0 Å². The third-order valence-corrected chi connectivity index (χ3v) is 5.86. The Balaban J connectivity index is 1.52. The van der Waals surface area contributed by atoms with Crippen LogP contribution < -0.4 is 11.1 Å². The van der Waals surface area contributed by atoms with Crippen molar-refractivity contribution in [2.75, 3.05) is 11.1 Å². The van der Waals surface area contributed by atoms with E-state index in [4.69, 9.17) is 5.73 Å². The van der Waals surface area contributed by atoms with Gasteiger partial charge >= 0.3 is 0 Å². The highest BCUT2D eigenvalue weighted by molar-refractivity contribution is 8.00. The van der Waals surface area contributed by atoms with E-state index < -0.39 is 0 Å². The maximum Gasteiger partial charge on any atom is 0.227 e. The van der Waals surface area contributed by atoms with E-state index in [1.807, 2.05) is 42.5 Å². The first kappa shape index (κ1) is 18.4. The van der Waals surface area contributed by atoms with Crippen LogP contribution in [-0.4, -0.2) is 22.6 Å². The van der Waals surface area contributed by atoms with Crippen LogP contribution in [0.3, 0.4) is 0 Å². The van der Waals surface area contributed by atoms with E-state index in [-0.39, 0.29) is 17.6 Å². The molecule has 0 aliphatic heterocycles. The highest BCUT2D eigenvalue weighted by atomic mass is 32.2. The molecule has 2 aromatic carbocycles. The van der Waals surface area contributed by atoms with E-state index in [1.165, 1.54) is 16.5 Å². The summed E-state index contributed by atoms with van der Waals surface area (Å²) >= 11 is 3.00. The molecule has 7 heteroatoms. The molecule has 0 atom stereocenters. The molecule has 0 fully saturated rings. The zero-order valence-corrected chi connectivity index (χ0v) is 15.7. The first-order valence-corrected chi connectivity index (χ1v) is 10.1. The van der Waals surface area contributed by atoms with Crippen LogP contribution >= 0.6 is 23.1 Å². The topological polar surface area (TPSA) is 85.1 Å². The molecular formula is C19H19N3O2S2. The average Bonchev–Trinajstić information content (AvgIpc) is 3.03. The number of rotatable bonds is 8. The van der Waals surface area contributed by atoms with Crippen LogP contribution in [0.1, 0.15) is 17.8 Å².